The van der Waals surface area contributed by atoms with Crippen LogP contribution in [0.3, 0.4) is 0 Å². The van der Waals surface area contributed by atoms with Gasteiger partial charge in [0.1, 0.15) is 11.3 Å². The molecular formula is C23H20N4O5. The summed E-state index contributed by atoms with van der Waals surface area (Å²) in [6.45, 7) is 0. The monoisotopic (exact) mass is 432 g/mol. The minimum Gasteiger partial charge on any atom is -0.506 e. The van der Waals surface area contributed by atoms with E-state index < -0.39 is 17.9 Å². The average molecular weight is 432 g/mol. The number of carbonyl (C=O) groups excluding carboxylic acids is 2. The Morgan fingerprint density at radius 2 is 2.03 bits per heavy atom. The first-order valence-electron chi connectivity index (χ1n) is 9.86. The lowest BCUT2D eigenvalue weighted by Crippen LogP contribution is -2.36. The molecule has 0 bridgehead atoms. The van der Waals surface area contributed by atoms with Crippen LogP contribution in [0.25, 0.3) is 22.6 Å². The molecule has 1 aromatic heterocycles. The van der Waals surface area contributed by atoms with Crippen molar-refractivity contribution in [3.05, 3.63) is 59.8 Å². The molecule has 2 heterocycles. The van der Waals surface area contributed by atoms with Gasteiger partial charge in [0.2, 0.25) is 5.91 Å². The number of anilines is 2. The van der Waals surface area contributed by atoms with Crippen LogP contribution in [0.2, 0.25) is 0 Å². The third-order valence-corrected chi connectivity index (χ3v) is 5.16. The van der Waals surface area contributed by atoms with Crippen molar-refractivity contribution in [2.75, 3.05) is 10.6 Å². The zero-order valence-corrected chi connectivity index (χ0v) is 16.8. The normalized spacial score (nSPS) is 14.8. The predicted molar refractivity (Wildman–Crippen MR) is 120 cm³/mol. The molecule has 1 unspecified atom stereocenters. The summed E-state index contributed by atoms with van der Waals surface area (Å²) in [5.41, 5.74) is 8.90. The summed E-state index contributed by atoms with van der Waals surface area (Å²) in [4.78, 5) is 39.8. The van der Waals surface area contributed by atoms with Gasteiger partial charge in [-0.15, -0.1) is 0 Å². The van der Waals surface area contributed by atoms with E-state index in [1.807, 2.05) is 0 Å². The van der Waals surface area contributed by atoms with Crippen LogP contribution in [-0.2, 0) is 14.4 Å². The number of carbonyl (C=O) groups is 3. The van der Waals surface area contributed by atoms with Crippen LogP contribution >= 0.6 is 0 Å². The first-order valence-corrected chi connectivity index (χ1v) is 9.86. The molecule has 1 atom stereocenters. The fraction of sp³-hybridized carbons (Fsp3) is 0.130. The molecule has 2 amide bonds. The molecule has 2 aromatic carbocycles. The van der Waals surface area contributed by atoms with Crippen molar-refractivity contribution in [2.45, 2.75) is 18.9 Å². The molecule has 0 saturated carbocycles. The summed E-state index contributed by atoms with van der Waals surface area (Å²) in [7, 11) is 0. The maximum Gasteiger partial charge on any atom is 0.303 e. The minimum absolute atomic E-state index is 0.0132. The highest BCUT2D eigenvalue weighted by Gasteiger charge is 2.25. The van der Waals surface area contributed by atoms with E-state index in [2.05, 4.69) is 15.6 Å². The number of fused-ring (bicyclic) bond motifs is 2. The molecule has 9 heteroatoms. The van der Waals surface area contributed by atoms with Gasteiger partial charge in [-0.2, -0.15) is 0 Å². The number of nitrogens with zero attached hydrogens (tertiary/aromatic N) is 1. The summed E-state index contributed by atoms with van der Waals surface area (Å²) in [5.74, 6) is -1.79. The predicted octanol–water partition coefficient (Wildman–Crippen LogP) is 2.56. The Kier molecular flexibility index (Phi) is 5.57. The lowest BCUT2D eigenvalue weighted by atomic mass is 10.0. The van der Waals surface area contributed by atoms with Crippen molar-refractivity contribution in [2.24, 2.45) is 5.73 Å². The fourth-order valence-electron chi connectivity index (χ4n) is 3.52. The van der Waals surface area contributed by atoms with Gasteiger partial charge in [0, 0.05) is 40.5 Å². The topological polar surface area (TPSA) is 155 Å². The standard InChI is InChI=1S/C23H20N4O5/c24-17(5-8-20(29)30)23(32)26-13-4-6-18-15(11-13)16(22(31)27-18)10-12-3-7-19(28)21-14(12)2-1-9-25-21/h1-4,6-7,9-11,17,28H,5,8,24H2,(H,26,32)(H,27,31)(H,29,30). The smallest absolute Gasteiger partial charge is 0.303 e. The third kappa shape index (κ3) is 4.14. The van der Waals surface area contributed by atoms with Crippen molar-refractivity contribution in [3.63, 3.8) is 0 Å². The van der Waals surface area contributed by atoms with Gasteiger partial charge >= 0.3 is 5.97 Å². The molecular weight excluding hydrogens is 412 g/mol. The number of nitrogens with two attached hydrogens (primary N) is 1. The summed E-state index contributed by atoms with van der Waals surface area (Å²) in [6.07, 6.45) is 3.08. The number of amides is 2. The first kappa shape index (κ1) is 21.0. The average Bonchev–Trinajstić information content (AvgIpc) is 3.08. The Balaban J connectivity index is 1.65. The number of phenolic OH excluding ortho intramolecular Hbond substituents is 1. The van der Waals surface area contributed by atoms with E-state index in [9.17, 15) is 19.5 Å². The maximum atomic E-state index is 12.6. The van der Waals surface area contributed by atoms with Crippen LogP contribution in [0.15, 0.2) is 48.7 Å². The molecule has 0 spiro atoms. The Hall–Kier alpha value is -4.24. The summed E-state index contributed by atoms with van der Waals surface area (Å²) < 4.78 is 0. The second-order valence-corrected chi connectivity index (χ2v) is 7.37. The zero-order chi connectivity index (χ0) is 22.8. The Morgan fingerprint density at radius 1 is 1.22 bits per heavy atom. The van der Waals surface area contributed by atoms with Crippen LogP contribution in [0, 0.1) is 0 Å². The van der Waals surface area contributed by atoms with Gasteiger partial charge in [0.05, 0.1) is 6.04 Å². The van der Waals surface area contributed by atoms with E-state index in [0.29, 0.717) is 39.0 Å². The van der Waals surface area contributed by atoms with E-state index in [4.69, 9.17) is 10.8 Å². The summed E-state index contributed by atoms with van der Waals surface area (Å²) in [5, 5.41) is 24.9. The molecule has 0 radical (unpaired) electrons. The number of pyridine rings is 1. The van der Waals surface area contributed by atoms with E-state index in [1.165, 1.54) is 6.07 Å². The first-order chi connectivity index (χ1) is 15.3. The highest BCUT2D eigenvalue weighted by Crippen LogP contribution is 2.36. The maximum absolute atomic E-state index is 12.6. The molecule has 1 aliphatic heterocycles. The second kappa shape index (κ2) is 8.48. The number of nitrogens with one attached hydrogen (secondary N) is 2. The molecule has 1 aliphatic rings. The largest absolute Gasteiger partial charge is 0.506 e. The number of aromatic nitrogens is 1. The number of aliphatic carboxylic acids is 1. The Morgan fingerprint density at radius 3 is 2.81 bits per heavy atom. The molecule has 0 aliphatic carbocycles. The molecule has 6 N–H and O–H groups in total. The van der Waals surface area contributed by atoms with Crippen LogP contribution in [0.5, 0.6) is 5.75 Å². The van der Waals surface area contributed by atoms with Crippen molar-refractivity contribution in [3.8, 4) is 5.75 Å². The van der Waals surface area contributed by atoms with Gasteiger partial charge in [0.25, 0.3) is 5.91 Å². The molecule has 0 fully saturated rings. The van der Waals surface area contributed by atoms with Crippen molar-refractivity contribution in [1.29, 1.82) is 0 Å². The lowest BCUT2D eigenvalue weighted by molar-refractivity contribution is -0.137. The molecule has 162 valence electrons. The Bertz CT molecular complexity index is 1280. The van der Waals surface area contributed by atoms with E-state index in [0.717, 1.165) is 0 Å². The van der Waals surface area contributed by atoms with Crippen molar-refractivity contribution < 1.29 is 24.6 Å². The van der Waals surface area contributed by atoms with Crippen LogP contribution in [0.1, 0.15) is 24.0 Å². The minimum atomic E-state index is -1.03. The van der Waals surface area contributed by atoms with Crippen molar-refractivity contribution in [1.82, 2.24) is 4.98 Å². The van der Waals surface area contributed by atoms with E-state index in [1.54, 1.807) is 48.7 Å². The number of hydrogen-bond donors (Lipinski definition) is 5. The highest BCUT2D eigenvalue weighted by atomic mass is 16.4. The second-order valence-electron chi connectivity index (χ2n) is 7.37. The Labute approximate surface area is 182 Å². The van der Waals surface area contributed by atoms with Crippen molar-refractivity contribution >= 4 is 51.7 Å². The fourth-order valence-corrected chi connectivity index (χ4v) is 3.52. The quantitative estimate of drug-likeness (QED) is 0.375. The van der Waals surface area contributed by atoms with Gasteiger partial charge in [-0.25, -0.2) is 0 Å². The number of hydrogen-bond acceptors (Lipinski definition) is 6. The summed E-state index contributed by atoms with van der Waals surface area (Å²) >= 11 is 0. The van der Waals surface area contributed by atoms with Gasteiger partial charge in [-0.1, -0.05) is 12.1 Å². The number of carboxylic acid groups (broad SMARTS) is 1. The number of rotatable bonds is 6. The van der Waals surface area contributed by atoms with E-state index in [-0.39, 0.29) is 24.5 Å². The van der Waals surface area contributed by atoms with E-state index >= 15 is 0 Å². The lowest BCUT2D eigenvalue weighted by Gasteiger charge is -2.12. The van der Waals surface area contributed by atoms with Gasteiger partial charge in [-0.05, 0) is 48.4 Å². The van der Waals surface area contributed by atoms with Crippen LogP contribution < -0.4 is 16.4 Å². The molecule has 32 heavy (non-hydrogen) atoms. The van der Waals surface area contributed by atoms with Crippen LogP contribution in [0.4, 0.5) is 11.4 Å². The molecule has 9 nitrogen and oxygen atoms in total. The van der Waals surface area contributed by atoms with Gasteiger partial charge in [0.15, 0.2) is 0 Å². The third-order valence-electron chi connectivity index (χ3n) is 5.16. The zero-order valence-electron chi connectivity index (χ0n) is 16.8. The SMILES string of the molecule is NC(CCC(=O)O)C(=O)Nc1ccc2c(c1)C(=Cc1ccc(O)c3ncccc13)C(=O)N2. The molecule has 4 rings (SSSR count). The van der Waals surface area contributed by atoms with Gasteiger partial charge < -0.3 is 26.6 Å². The van der Waals surface area contributed by atoms with Crippen LogP contribution in [-0.4, -0.2) is 39.0 Å². The summed E-state index contributed by atoms with van der Waals surface area (Å²) in [6, 6.07) is 10.7. The molecule has 3 aromatic rings. The number of benzene rings is 2. The van der Waals surface area contributed by atoms with Gasteiger partial charge in [-0.3, -0.25) is 19.4 Å². The number of aromatic hydroxyl groups is 1. The number of phenols is 1. The number of carboxylic acids is 1. The molecule has 0 saturated heterocycles. The highest BCUT2D eigenvalue weighted by molar-refractivity contribution is 6.35.